The average molecular weight is 314 g/mol. The molecule has 0 amide bonds. The van der Waals surface area contributed by atoms with Crippen molar-refractivity contribution in [2.45, 2.75) is 11.4 Å². The summed E-state index contributed by atoms with van der Waals surface area (Å²) in [5, 5.41) is 10.9. The minimum absolute atomic E-state index is 0.0491. The van der Waals surface area contributed by atoms with Gasteiger partial charge >= 0.3 is 5.69 Å². The molecule has 0 bridgehead atoms. The van der Waals surface area contributed by atoms with Crippen LogP contribution < -0.4 is 0 Å². The number of hydrogen-bond donors (Lipinski definition) is 0. The van der Waals surface area contributed by atoms with Gasteiger partial charge < -0.3 is 4.42 Å². The maximum Gasteiger partial charge on any atom is 0.324 e. The van der Waals surface area contributed by atoms with Crippen molar-refractivity contribution in [3.63, 3.8) is 0 Å². The van der Waals surface area contributed by atoms with Crippen LogP contribution in [0.15, 0.2) is 46.1 Å². The van der Waals surface area contributed by atoms with Crippen LogP contribution in [0, 0.1) is 15.9 Å². The molecule has 0 N–H and O–H groups in total. The summed E-state index contributed by atoms with van der Waals surface area (Å²) in [6.07, 6.45) is 2.73. The van der Waals surface area contributed by atoms with E-state index in [2.05, 4.69) is 0 Å². The Bertz CT molecular complexity index is 758. The van der Waals surface area contributed by atoms with Gasteiger partial charge in [0.05, 0.1) is 17.4 Å². The van der Waals surface area contributed by atoms with Gasteiger partial charge in [-0.15, -0.1) is 0 Å². The van der Waals surface area contributed by atoms with Gasteiger partial charge in [-0.05, 0) is 18.2 Å². The van der Waals surface area contributed by atoms with Gasteiger partial charge in [0.1, 0.15) is 0 Å². The number of para-hydroxylation sites is 1. The van der Waals surface area contributed by atoms with Crippen LogP contribution in [0.5, 0.6) is 0 Å². The maximum atomic E-state index is 13.5. The molecule has 9 heteroatoms. The number of hydrogen-bond acceptors (Lipinski definition) is 5. The molecular weight excluding hydrogens is 303 g/mol. The first kappa shape index (κ1) is 15.1. The van der Waals surface area contributed by atoms with Crippen molar-refractivity contribution in [3.8, 4) is 0 Å². The predicted molar refractivity (Wildman–Crippen MR) is 70.4 cm³/mol. The molecule has 0 saturated carbocycles. The maximum absolute atomic E-state index is 13.5. The van der Waals surface area contributed by atoms with E-state index in [9.17, 15) is 22.9 Å². The Labute approximate surface area is 119 Å². The van der Waals surface area contributed by atoms with Crippen molar-refractivity contribution in [3.05, 3.63) is 58.3 Å². The summed E-state index contributed by atoms with van der Waals surface area (Å²) in [5.41, 5.74) is -0.489. The second-order valence-corrected chi connectivity index (χ2v) is 6.25. The Morgan fingerprint density at radius 2 is 2.10 bits per heavy atom. The third kappa shape index (κ3) is 2.93. The summed E-state index contributed by atoms with van der Waals surface area (Å²) >= 11 is 0. The number of nitrogens with zero attached hydrogens (tertiary/aromatic N) is 2. The fourth-order valence-electron chi connectivity index (χ4n) is 1.77. The van der Waals surface area contributed by atoms with E-state index in [0.29, 0.717) is 5.56 Å². The highest BCUT2D eigenvalue weighted by Crippen LogP contribution is 2.29. The summed E-state index contributed by atoms with van der Waals surface area (Å²) < 4.78 is 44.0. The van der Waals surface area contributed by atoms with E-state index in [0.717, 1.165) is 22.5 Å². The lowest BCUT2D eigenvalue weighted by molar-refractivity contribution is -0.390. The standard InChI is InChI=1S/C12H11FN2O5S/c1-14(7-9-5-6-20-8-9)21(18,19)11-4-2-3-10(13)12(11)15(16)17/h2-6,8H,7H2,1H3. The Balaban J connectivity index is 2.44. The van der Waals surface area contributed by atoms with Gasteiger partial charge in [0, 0.05) is 19.2 Å². The summed E-state index contributed by atoms with van der Waals surface area (Å²) in [7, 11) is -2.96. The minimum Gasteiger partial charge on any atom is -0.472 e. The first-order valence-electron chi connectivity index (χ1n) is 5.74. The Morgan fingerprint density at radius 1 is 1.38 bits per heavy atom. The van der Waals surface area contributed by atoms with Crippen LogP contribution in [0.4, 0.5) is 10.1 Å². The highest BCUT2D eigenvalue weighted by atomic mass is 32.2. The summed E-state index contributed by atoms with van der Waals surface area (Å²) in [4.78, 5) is 9.17. The highest BCUT2D eigenvalue weighted by molar-refractivity contribution is 7.89. The second-order valence-electron chi connectivity index (χ2n) is 4.24. The zero-order valence-corrected chi connectivity index (χ0v) is 11.7. The Hall–Kier alpha value is -2.26. The van der Waals surface area contributed by atoms with E-state index in [4.69, 9.17) is 4.42 Å². The van der Waals surface area contributed by atoms with E-state index in [1.165, 1.54) is 19.6 Å². The first-order valence-corrected chi connectivity index (χ1v) is 7.18. The van der Waals surface area contributed by atoms with Gasteiger partial charge in [0.15, 0.2) is 4.90 Å². The first-order chi connectivity index (χ1) is 9.84. The largest absolute Gasteiger partial charge is 0.472 e. The molecule has 0 aliphatic carbocycles. The zero-order valence-electron chi connectivity index (χ0n) is 10.9. The van der Waals surface area contributed by atoms with Crippen molar-refractivity contribution < 1.29 is 22.1 Å². The minimum atomic E-state index is -4.20. The van der Waals surface area contributed by atoms with Crippen LogP contribution in [-0.2, 0) is 16.6 Å². The third-order valence-corrected chi connectivity index (χ3v) is 4.64. The molecule has 0 spiro atoms. The van der Waals surface area contributed by atoms with E-state index in [1.54, 1.807) is 6.07 Å². The van der Waals surface area contributed by atoms with Crippen LogP contribution in [0.25, 0.3) is 0 Å². The van der Waals surface area contributed by atoms with Gasteiger partial charge in [-0.3, -0.25) is 10.1 Å². The van der Waals surface area contributed by atoms with Crippen molar-refractivity contribution in [2.75, 3.05) is 7.05 Å². The SMILES string of the molecule is CN(Cc1ccoc1)S(=O)(=O)c1cccc(F)c1[N+](=O)[O-]. The van der Waals surface area contributed by atoms with Crippen LogP contribution in [-0.4, -0.2) is 24.7 Å². The molecule has 1 aromatic carbocycles. The Morgan fingerprint density at radius 3 is 2.67 bits per heavy atom. The van der Waals surface area contributed by atoms with E-state index in [-0.39, 0.29) is 6.54 Å². The lowest BCUT2D eigenvalue weighted by Crippen LogP contribution is -2.27. The molecule has 0 aliphatic rings. The highest BCUT2D eigenvalue weighted by Gasteiger charge is 2.32. The fraction of sp³-hybridized carbons (Fsp3) is 0.167. The number of nitro benzene ring substituents is 1. The number of halogens is 1. The number of benzene rings is 1. The lowest BCUT2D eigenvalue weighted by atomic mass is 10.3. The molecule has 2 aromatic rings. The topological polar surface area (TPSA) is 93.7 Å². The van der Waals surface area contributed by atoms with Crippen LogP contribution >= 0.6 is 0 Å². The molecular formula is C12H11FN2O5S. The predicted octanol–water partition coefficient (Wildman–Crippen LogP) is 2.15. The molecule has 21 heavy (non-hydrogen) atoms. The molecule has 112 valence electrons. The molecule has 2 rings (SSSR count). The zero-order chi connectivity index (χ0) is 15.6. The number of furan rings is 1. The molecule has 0 unspecified atom stereocenters. The van der Waals surface area contributed by atoms with Crippen molar-refractivity contribution in [1.29, 1.82) is 0 Å². The van der Waals surface area contributed by atoms with E-state index >= 15 is 0 Å². The Kier molecular flexibility index (Phi) is 4.05. The molecule has 0 saturated heterocycles. The molecule has 0 atom stereocenters. The van der Waals surface area contributed by atoms with Gasteiger partial charge in [0.2, 0.25) is 15.8 Å². The van der Waals surface area contributed by atoms with Crippen molar-refractivity contribution >= 4 is 15.7 Å². The average Bonchev–Trinajstić information content (AvgIpc) is 2.90. The van der Waals surface area contributed by atoms with Crippen LogP contribution in [0.1, 0.15) is 5.56 Å². The van der Waals surface area contributed by atoms with Gasteiger partial charge in [-0.25, -0.2) is 8.42 Å². The second kappa shape index (κ2) is 5.62. The van der Waals surface area contributed by atoms with Crippen molar-refractivity contribution in [2.24, 2.45) is 0 Å². The van der Waals surface area contributed by atoms with Crippen molar-refractivity contribution in [1.82, 2.24) is 4.31 Å². The lowest BCUT2D eigenvalue weighted by Gasteiger charge is -2.16. The van der Waals surface area contributed by atoms with Crippen LogP contribution in [0.3, 0.4) is 0 Å². The molecule has 7 nitrogen and oxygen atoms in total. The van der Waals surface area contributed by atoms with E-state index in [1.807, 2.05) is 0 Å². The van der Waals surface area contributed by atoms with E-state index < -0.39 is 31.3 Å². The number of nitro groups is 1. The molecule has 1 aromatic heterocycles. The third-order valence-electron chi connectivity index (χ3n) is 2.81. The molecule has 0 aliphatic heterocycles. The summed E-state index contributed by atoms with van der Waals surface area (Å²) in [6.45, 7) is -0.0491. The summed E-state index contributed by atoms with van der Waals surface area (Å²) in [5.74, 6) is -1.20. The van der Waals surface area contributed by atoms with Gasteiger partial charge in [-0.1, -0.05) is 6.07 Å². The normalized spacial score (nSPS) is 11.8. The number of rotatable bonds is 5. The quantitative estimate of drug-likeness (QED) is 0.622. The number of sulfonamides is 1. The van der Waals surface area contributed by atoms with Crippen LogP contribution in [0.2, 0.25) is 0 Å². The monoisotopic (exact) mass is 314 g/mol. The molecule has 0 radical (unpaired) electrons. The van der Waals surface area contributed by atoms with Gasteiger partial charge in [0.25, 0.3) is 0 Å². The molecule has 1 heterocycles. The summed E-state index contributed by atoms with van der Waals surface area (Å²) in [6, 6.07) is 4.52. The smallest absolute Gasteiger partial charge is 0.324 e. The molecule has 0 fully saturated rings. The van der Waals surface area contributed by atoms with Gasteiger partial charge in [-0.2, -0.15) is 8.70 Å². The fourth-order valence-corrected chi connectivity index (χ4v) is 3.10.